The van der Waals surface area contributed by atoms with E-state index in [1.54, 1.807) is 22.9 Å². The van der Waals surface area contributed by atoms with Crippen LogP contribution in [-0.4, -0.2) is 15.7 Å². The molecule has 0 unspecified atom stereocenters. The van der Waals surface area contributed by atoms with Crippen molar-refractivity contribution >= 4 is 41.5 Å². The van der Waals surface area contributed by atoms with Crippen molar-refractivity contribution in [2.24, 2.45) is 5.73 Å². The first-order chi connectivity index (χ1) is 12.3. The number of primary amides is 1. The zero-order valence-corrected chi connectivity index (χ0v) is 16.8. The number of aromatic nitrogens is 2. The normalized spacial score (nSPS) is 13.8. The predicted octanol–water partition coefficient (Wildman–Crippen LogP) is 4.99. The molecule has 0 spiro atoms. The highest BCUT2D eigenvalue weighted by Gasteiger charge is 2.40. The number of carbonyl (C=O) groups is 1. The lowest BCUT2D eigenvalue weighted by Crippen LogP contribution is -2.31. The Bertz CT molecular complexity index is 1060. The molecule has 0 radical (unpaired) electrons. The summed E-state index contributed by atoms with van der Waals surface area (Å²) < 4.78 is 7.76. The molecule has 2 heterocycles. The molecule has 4 rings (SSSR count). The minimum Gasteiger partial charge on any atom is -0.482 e. The molecule has 0 atom stereocenters. The zero-order valence-electron chi connectivity index (χ0n) is 14.5. The van der Waals surface area contributed by atoms with Gasteiger partial charge in [0.1, 0.15) is 11.4 Å². The minimum absolute atomic E-state index is 0. The van der Waals surface area contributed by atoms with Gasteiger partial charge >= 0.3 is 0 Å². The van der Waals surface area contributed by atoms with Crippen LogP contribution in [0.1, 0.15) is 29.9 Å². The number of halogens is 3. The van der Waals surface area contributed by atoms with Crippen LogP contribution in [0, 0.1) is 0 Å². The van der Waals surface area contributed by atoms with Crippen LogP contribution in [0.2, 0.25) is 10.0 Å². The van der Waals surface area contributed by atoms with Crippen LogP contribution in [0.5, 0.6) is 5.75 Å². The van der Waals surface area contributed by atoms with Crippen molar-refractivity contribution in [2.75, 3.05) is 0 Å². The van der Waals surface area contributed by atoms with Gasteiger partial charge in [0.2, 0.25) is 0 Å². The fraction of sp³-hybridized carbons (Fsp3) is 0.158. The summed E-state index contributed by atoms with van der Waals surface area (Å²) in [5, 5.41) is 5.41. The molecule has 1 aliphatic heterocycles. The van der Waals surface area contributed by atoms with Crippen molar-refractivity contribution in [3.05, 3.63) is 63.8 Å². The summed E-state index contributed by atoms with van der Waals surface area (Å²) in [5.41, 5.74) is 7.76. The third-order valence-corrected chi connectivity index (χ3v) is 4.90. The average molecular weight is 425 g/mol. The molecule has 27 heavy (non-hydrogen) atoms. The highest BCUT2D eigenvalue weighted by Crippen LogP contribution is 2.47. The quantitative estimate of drug-likeness (QED) is 0.629. The van der Waals surface area contributed by atoms with E-state index in [1.807, 2.05) is 38.1 Å². The highest BCUT2D eigenvalue weighted by atomic mass is 35.5. The summed E-state index contributed by atoms with van der Waals surface area (Å²) in [6.45, 7) is 3.76. The van der Waals surface area contributed by atoms with Gasteiger partial charge in [-0.05, 0) is 44.2 Å². The number of hydrogen-bond donors (Lipinski definition) is 1. The lowest BCUT2D eigenvalue weighted by molar-refractivity contribution is 0.0935. The van der Waals surface area contributed by atoms with Crippen molar-refractivity contribution in [3.63, 3.8) is 0 Å². The van der Waals surface area contributed by atoms with Gasteiger partial charge in [0.05, 0.1) is 22.0 Å². The van der Waals surface area contributed by atoms with Gasteiger partial charge in [-0.15, -0.1) is 12.4 Å². The first-order valence-corrected chi connectivity index (χ1v) is 8.72. The Morgan fingerprint density at radius 3 is 2.56 bits per heavy atom. The Morgan fingerprint density at radius 1 is 1.19 bits per heavy atom. The molecule has 0 aliphatic carbocycles. The Labute approximate surface area is 172 Å². The second-order valence-electron chi connectivity index (χ2n) is 6.55. The third kappa shape index (κ3) is 3.06. The van der Waals surface area contributed by atoms with Gasteiger partial charge in [0.25, 0.3) is 5.91 Å². The van der Waals surface area contributed by atoms with E-state index in [-0.39, 0.29) is 18.1 Å². The summed E-state index contributed by atoms with van der Waals surface area (Å²) in [5.74, 6) is 0.0772. The van der Waals surface area contributed by atoms with Crippen LogP contribution >= 0.6 is 35.6 Å². The summed E-state index contributed by atoms with van der Waals surface area (Å²) in [6.07, 6.45) is 0. The number of rotatable bonds is 2. The third-order valence-electron chi connectivity index (χ3n) is 4.37. The predicted molar refractivity (Wildman–Crippen MR) is 108 cm³/mol. The molecule has 2 N–H and O–H groups in total. The number of amides is 1. The Kier molecular flexibility index (Phi) is 4.89. The van der Waals surface area contributed by atoms with E-state index in [2.05, 4.69) is 5.10 Å². The van der Waals surface area contributed by atoms with Crippen LogP contribution in [0.4, 0.5) is 0 Å². The van der Waals surface area contributed by atoms with E-state index in [4.69, 9.17) is 33.7 Å². The summed E-state index contributed by atoms with van der Waals surface area (Å²) >= 11 is 12.4. The maximum absolute atomic E-state index is 12.1. The molecule has 140 valence electrons. The van der Waals surface area contributed by atoms with Crippen molar-refractivity contribution in [1.29, 1.82) is 0 Å². The van der Waals surface area contributed by atoms with Crippen molar-refractivity contribution in [3.8, 4) is 22.7 Å². The van der Waals surface area contributed by atoms with Crippen LogP contribution < -0.4 is 10.5 Å². The average Bonchev–Trinajstić information content (AvgIpc) is 2.96. The van der Waals surface area contributed by atoms with E-state index < -0.39 is 11.5 Å². The van der Waals surface area contributed by atoms with Crippen LogP contribution in [0.25, 0.3) is 16.9 Å². The number of para-hydroxylation sites is 1. The molecule has 5 nitrogen and oxygen atoms in total. The van der Waals surface area contributed by atoms with Crippen molar-refractivity contribution in [1.82, 2.24) is 9.78 Å². The topological polar surface area (TPSA) is 70.1 Å². The van der Waals surface area contributed by atoms with Crippen LogP contribution in [-0.2, 0) is 5.60 Å². The van der Waals surface area contributed by atoms with E-state index >= 15 is 0 Å². The Morgan fingerprint density at radius 2 is 1.89 bits per heavy atom. The van der Waals surface area contributed by atoms with Gasteiger partial charge in [-0.1, -0.05) is 35.3 Å². The lowest BCUT2D eigenvalue weighted by atomic mass is 9.89. The molecule has 2 aromatic carbocycles. The molecular weight excluding hydrogens is 409 g/mol. The van der Waals surface area contributed by atoms with Gasteiger partial charge in [-0.2, -0.15) is 5.10 Å². The molecule has 0 fully saturated rings. The van der Waals surface area contributed by atoms with E-state index in [9.17, 15) is 4.79 Å². The van der Waals surface area contributed by atoms with Gasteiger partial charge in [-0.3, -0.25) is 4.79 Å². The molecule has 0 bridgehead atoms. The molecule has 8 heteroatoms. The maximum atomic E-state index is 12.1. The summed E-state index contributed by atoms with van der Waals surface area (Å²) in [6, 6.07) is 12.7. The standard InChI is InChI=1S/C19H15Cl2N3O2.ClH/c1-19(2)15-16(18(22)25)23-24(13-8-7-10(20)9-12(13)21)17(15)11-5-3-4-6-14(11)26-19;/h3-9H,1-2H3,(H2,22,25);1H. The van der Waals surface area contributed by atoms with E-state index in [0.717, 1.165) is 11.3 Å². The number of fused-ring (bicyclic) bond motifs is 3. The first-order valence-electron chi connectivity index (χ1n) is 7.97. The fourth-order valence-electron chi connectivity index (χ4n) is 3.31. The number of hydrogen-bond acceptors (Lipinski definition) is 3. The molecule has 1 aromatic heterocycles. The van der Waals surface area contributed by atoms with Gasteiger partial charge in [0, 0.05) is 10.6 Å². The lowest BCUT2D eigenvalue weighted by Gasteiger charge is -2.33. The summed E-state index contributed by atoms with van der Waals surface area (Å²) in [7, 11) is 0. The minimum atomic E-state index is -0.787. The maximum Gasteiger partial charge on any atom is 0.269 e. The van der Waals surface area contributed by atoms with Crippen LogP contribution in [0.15, 0.2) is 42.5 Å². The number of nitrogens with zero attached hydrogens (tertiary/aromatic N) is 2. The number of ether oxygens (including phenoxy) is 1. The first kappa shape index (κ1) is 19.5. The van der Waals surface area contributed by atoms with Gasteiger partial charge in [0.15, 0.2) is 5.69 Å². The van der Waals surface area contributed by atoms with Crippen molar-refractivity contribution < 1.29 is 9.53 Å². The monoisotopic (exact) mass is 423 g/mol. The molecule has 1 amide bonds. The zero-order chi connectivity index (χ0) is 18.6. The SMILES string of the molecule is CC1(C)Oc2ccccc2-c2c1c(C(N)=O)nn2-c1ccc(Cl)cc1Cl.Cl. The van der Waals surface area contributed by atoms with E-state index in [1.165, 1.54) is 0 Å². The highest BCUT2D eigenvalue weighted by molar-refractivity contribution is 6.35. The van der Waals surface area contributed by atoms with E-state index in [0.29, 0.717) is 27.0 Å². The molecule has 3 aromatic rings. The fourth-order valence-corrected chi connectivity index (χ4v) is 3.80. The largest absolute Gasteiger partial charge is 0.482 e. The molecule has 0 saturated carbocycles. The Balaban J connectivity index is 0.00000210. The van der Waals surface area contributed by atoms with Crippen LogP contribution in [0.3, 0.4) is 0 Å². The molecule has 1 aliphatic rings. The number of carbonyl (C=O) groups excluding carboxylic acids is 1. The number of nitrogens with two attached hydrogens (primary N) is 1. The van der Waals surface area contributed by atoms with Gasteiger partial charge in [-0.25, -0.2) is 4.68 Å². The number of benzene rings is 2. The van der Waals surface area contributed by atoms with Gasteiger partial charge < -0.3 is 10.5 Å². The molecule has 0 saturated heterocycles. The second kappa shape index (κ2) is 6.75. The summed E-state index contributed by atoms with van der Waals surface area (Å²) in [4.78, 5) is 12.1. The Hall–Kier alpha value is -2.21. The second-order valence-corrected chi connectivity index (χ2v) is 7.40. The van der Waals surface area contributed by atoms with Crippen molar-refractivity contribution in [2.45, 2.75) is 19.4 Å². The smallest absolute Gasteiger partial charge is 0.269 e. The molecular formula is C19H16Cl3N3O2.